The molecule has 1 fully saturated rings. The molecular weight excluding hydrogens is 262 g/mol. The summed E-state index contributed by atoms with van der Waals surface area (Å²) in [6, 6.07) is 2.57. The Kier molecular flexibility index (Phi) is 6.58. The van der Waals surface area contributed by atoms with Crippen molar-refractivity contribution >= 4 is 0 Å². The summed E-state index contributed by atoms with van der Waals surface area (Å²) in [5.41, 5.74) is 3.35. The van der Waals surface area contributed by atoms with Crippen molar-refractivity contribution in [3.8, 4) is 0 Å². The Labute approximate surface area is 128 Å². The van der Waals surface area contributed by atoms with Gasteiger partial charge >= 0.3 is 0 Å². The lowest BCUT2D eigenvalue weighted by molar-refractivity contribution is 0.101. The first-order valence-electron chi connectivity index (χ1n) is 8.36. The van der Waals surface area contributed by atoms with Gasteiger partial charge in [0.2, 0.25) is 0 Å². The molecule has 2 rings (SSSR count). The largest absolute Gasteiger partial charge is 0.378 e. The van der Waals surface area contributed by atoms with Crippen LogP contribution in [-0.4, -0.2) is 29.5 Å². The molecule has 0 radical (unpaired) electrons. The highest BCUT2D eigenvalue weighted by atomic mass is 16.5. The fourth-order valence-corrected chi connectivity index (χ4v) is 3.03. The molecule has 2 atom stereocenters. The molecule has 1 aliphatic rings. The number of hydrogen-bond donors (Lipinski definition) is 1. The molecule has 21 heavy (non-hydrogen) atoms. The molecule has 1 N–H and O–H groups in total. The molecule has 4 nitrogen and oxygen atoms in total. The number of aromatic nitrogens is 2. The van der Waals surface area contributed by atoms with Gasteiger partial charge in [0.1, 0.15) is 0 Å². The van der Waals surface area contributed by atoms with Crippen molar-refractivity contribution in [2.45, 2.75) is 71.4 Å². The molecule has 0 amide bonds. The topological polar surface area (TPSA) is 47.0 Å². The van der Waals surface area contributed by atoms with Crippen molar-refractivity contribution in [2.24, 2.45) is 0 Å². The van der Waals surface area contributed by atoms with Gasteiger partial charge in [0.15, 0.2) is 0 Å². The Morgan fingerprint density at radius 3 is 2.95 bits per heavy atom. The zero-order valence-electron chi connectivity index (χ0n) is 13.7. The van der Waals surface area contributed by atoms with Gasteiger partial charge in [-0.15, -0.1) is 0 Å². The Balaban J connectivity index is 1.94. The molecular formula is C17H29N3O. The monoisotopic (exact) mass is 291 g/mol. The summed E-state index contributed by atoms with van der Waals surface area (Å²) in [5, 5.41) is 12.1. The predicted molar refractivity (Wildman–Crippen MR) is 85.4 cm³/mol. The summed E-state index contributed by atoms with van der Waals surface area (Å²) in [4.78, 5) is 0. The van der Waals surface area contributed by atoms with Crippen molar-refractivity contribution in [1.82, 2.24) is 15.5 Å². The maximum Gasteiger partial charge on any atom is 0.0648 e. The first-order valence-corrected chi connectivity index (χ1v) is 8.36. The highest BCUT2D eigenvalue weighted by molar-refractivity contribution is 5.23. The highest BCUT2D eigenvalue weighted by Crippen LogP contribution is 2.24. The molecule has 0 saturated carbocycles. The average molecular weight is 291 g/mol. The Morgan fingerprint density at radius 1 is 1.38 bits per heavy atom. The van der Waals surface area contributed by atoms with Gasteiger partial charge in [0, 0.05) is 12.6 Å². The van der Waals surface area contributed by atoms with Gasteiger partial charge in [0.25, 0.3) is 0 Å². The minimum Gasteiger partial charge on any atom is -0.378 e. The number of ether oxygens (including phenoxy) is 1. The SMILES string of the molecule is CCCNC(CCCC1CCCO1)c1cc(C)nnc1C. The Hall–Kier alpha value is -1.00. The molecule has 1 aromatic heterocycles. The van der Waals surface area contributed by atoms with Crippen LogP contribution in [0.2, 0.25) is 0 Å². The van der Waals surface area contributed by atoms with E-state index in [-0.39, 0.29) is 0 Å². The first-order chi connectivity index (χ1) is 10.2. The number of nitrogens with zero attached hydrogens (tertiary/aromatic N) is 2. The van der Waals surface area contributed by atoms with Crippen LogP contribution in [0.3, 0.4) is 0 Å². The molecule has 0 bridgehead atoms. The third-order valence-electron chi connectivity index (χ3n) is 4.20. The molecule has 1 aromatic rings. The number of nitrogens with one attached hydrogen (secondary N) is 1. The summed E-state index contributed by atoms with van der Waals surface area (Å²) >= 11 is 0. The Bertz CT molecular complexity index is 430. The molecule has 2 heterocycles. The van der Waals surface area contributed by atoms with Crippen LogP contribution < -0.4 is 5.32 Å². The van der Waals surface area contributed by atoms with Gasteiger partial charge in [0.05, 0.1) is 17.5 Å². The summed E-state index contributed by atoms with van der Waals surface area (Å²) in [6.45, 7) is 8.28. The second kappa shape index (κ2) is 8.44. The summed E-state index contributed by atoms with van der Waals surface area (Å²) in [7, 11) is 0. The lowest BCUT2D eigenvalue weighted by atomic mass is 9.98. The fraction of sp³-hybridized carbons (Fsp3) is 0.765. The van der Waals surface area contributed by atoms with E-state index < -0.39 is 0 Å². The van der Waals surface area contributed by atoms with E-state index in [1.54, 1.807) is 0 Å². The second-order valence-corrected chi connectivity index (χ2v) is 6.10. The minimum atomic E-state index is 0.389. The minimum absolute atomic E-state index is 0.389. The van der Waals surface area contributed by atoms with E-state index in [4.69, 9.17) is 4.74 Å². The maximum absolute atomic E-state index is 5.72. The zero-order chi connectivity index (χ0) is 15.1. The normalized spacial score (nSPS) is 19.9. The third kappa shape index (κ3) is 5.04. The van der Waals surface area contributed by atoms with Crippen LogP contribution in [0.25, 0.3) is 0 Å². The van der Waals surface area contributed by atoms with Crippen LogP contribution in [0.15, 0.2) is 6.07 Å². The summed E-state index contributed by atoms with van der Waals surface area (Å²) in [5.74, 6) is 0. The molecule has 4 heteroatoms. The highest BCUT2D eigenvalue weighted by Gasteiger charge is 2.18. The molecule has 1 aliphatic heterocycles. The van der Waals surface area contributed by atoms with Gasteiger partial charge in [-0.25, -0.2) is 0 Å². The van der Waals surface area contributed by atoms with Gasteiger partial charge < -0.3 is 10.1 Å². The fourth-order valence-electron chi connectivity index (χ4n) is 3.03. The van der Waals surface area contributed by atoms with Crippen LogP contribution in [0.4, 0.5) is 0 Å². The van der Waals surface area contributed by atoms with Gasteiger partial charge in [-0.05, 0) is 70.5 Å². The van der Waals surface area contributed by atoms with Crippen molar-refractivity contribution in [2.75, 3.05) is 13.2 Å². The zero-order valence-corrected chi connectivity index (χ0v) is 13.7. The quantitative estimate of drug-likeness (QED) is 0.796. The van der Waals surface area contributed by atoms with E-state index in [0.29, 0.717) is 12.1 Å². The molecule has 0 aliphatic carbocycles. The van der Waals surface area contributed by atoms with E-state index in [2.05, 4.69) is 35.4 Å². The van der Waals surface area contributed by atoms with E-state index in [1.807, 2.05) is 6.92 Å². The summed E-state index contributed by atoms with van der Waals surface area (Å²) < 4.78 is 5.72. The van der Waals surface area contributed by atoms with E-state index in [9.17, 15) is 0 Å². The van der Waals surface area contributed by atoms with Crippen molar-refractivity contribution < 1.29 is 4.74 Å². The van der Waals surface area contributed by atoms with E-state index in [1.165, 1.54) is 31.2 Å². The van der Waals surface area contributed by atoms with Gasteiger partial charge in [-0.1, -0.05) is 6.92 Å². The Morgan fingerprint density at radius 2 is 2.24 bits per heavy atom. The number of hydrogen-bond acceptors (Lipinski definition) is 4. The molecule has 1 saturated heterocycles. The van der Waals surface area contributed by atoms with Crippen LogP contribution in [0.5, 0.6) is 0 Å². The van der Waals surface area contributed by atoms with Crippen LogP contribution in [0, 0.1) is 13.8 Å². The van der Waals surface area contributed by atoms with Crippen molar-refractivity contribution in [1.29, 1.82) is 0 Å². The van der Waals surface area contributed by atoms with Gasteiger partial charge in [-0.2, -0.15) is 10.2 Å². The van der Waals surface area contributed by atoms with E-state index >= 15 is 0 Å². The van der Waals surface area contributed by atoms with E-state index in [0.717, 1.165) is 37.4 Å². The summed E-state index contributed by atoms with van der Waals surface area (Å²) in [6.07, 6.45) is 7.64. The predicted octanol–water partition coefficient (Wildman–Crippen LogP) is 3.48. The maximum atomic E-state index is 5.72. The standard InChI is InChI=1S/C17H29N3O/c1-4-10-18-17(9-5-7-15-8-6-11-21-15)16-12-13(2)19-20-14(16)3/h12,15,17-18H,4-11H2,1-3H3. The molecule has 2 unspecified atom stereocenters. The third-order valence-corrected chi connectivity index (χ3v) is 4.20. The lowest BCUT2D eigenvalue weighted by Gasteiger charge is -2.21. The van der Waals surface area contributed by atoms with Crippen LogP contribution >= 0.6 is 0 Å². The molecule has 118 valence electrons. The number of aryl methyl sites for hydroxylation is 2. The lowest BCUT2D eigenvalue weighted by Crippen LogP contribution is -2.24. The van der Waals surface area contributed by atoms with Crippen LogP contribution in [-0.2, 0) is 4.74 Å². The smallest absolute Gasteiger partial charge is 0.0648 e. The second-order valence-electron chi connectivity index (χ2n) is 6.10. The number of rotatable bonds is 8. The van der Waals surface area contributed by atoms with Crippen molar-refractivity contribution in [3.63, 3.8) is 0 Å². The van der Waals surface area contributed by atoms with Crippen LogP contribution in [0.1, 0.15) is 68.4 Å². The first kappa shape index (κ1) is 16.4. The molecule has 0 spiro atoms. The van der Waals surface area contributed by atoms with Crippen molar-refractivity contribution in [3.05, 3.63) is 23.0 Å². The van der Waals surface area contributed by atoms with Gasteiger partial charge in [-0.3, -0.25) is 0 Å². The average Bonchev–Trinajstić information content (AvgIpc) is 2.99. The molecule has 0 aromatic carbocycles.